The van der Waals surface area contributed by atoms with Gasteiger partial charge < -0.3 is 0 Å². The Kier molecular flexibility index (Phi) is 5.35. The Balaban J connectivity index is 2.11. The highest BCUT2D eigenvalue weighted by Crippen LogP contribution is 2.48. The highest BCUT2D eigenvalue weighted by Gasteiger charge is 2.43. The van der Waals surface area contributed by atoms with Crippen LogP contribution in [-0.2, 0) is 5.41 Å². The normalized spacial score (nSPS) is 12.3. The molecule has 0 radical (unpaired) electrons. The molecule has 2 heteroatoms. The standard InChI is InChI=1S/C27H20F2/c28-25(21-13-5-1-6-14-21)26(29)27(22-15-7-2-8-16-22,23-17-9-3-10-18-23)24-19-11-4-12-20-24/h1-20H/b26-25-. The summed E-state index contributed by atoms with van der Waals surface area (Å²) in [6.07, 6.45) is 0. The van der Waals surface area contributed by atoms with Gasteiger partial charge in [0.05, 0.1) is 5.41 Å². The molecular weight excluding hydrogens is 362 g/mol. The highest BCUT2D eigenvalue weighted by atomic mass is 19.2. The molecule has 0 aliphatic rings. The number of hydrogen-bond donors (Lipinski definition) is 0. The van der Waals surface area contributed by atoms with Crippen LogP contribution in [0.15, 0.2) is 127 Å². The van der Waals surface area contributed by atoms with Crippen LogP contribution < -0.4 is 0 Å². The Bertz CT molecular complexity index is 990. The quantitative estimate of drug-likeness (QED) is 0.317. The van der Waals surface area contributed by atoms with Gasteiger partial charge in [-0.05, 0) is 16.7 Å². The van der Waals surface area contributed by atoms with Crippen LogP contribution >= 0.6 is 0 Å². The minimum Gasteiger partial charge on any atom is -0.207 e. The molecule has 0 saturated carbocycles. The third-order valence-corrected chi connectivity index (χ3v) is 5.17. The molecule has 0 heterocycles. The summed E-state index contributed by atoms with van der Waals surface area (Å²) < 4.78 is 31.9. The molecule has 29 heavy (non-hydrogen) atoms. The number of benzene rings is 4. The zero-order valence-corrected chi connectivity index (χ0v) is 15.8. The van der Waals surface area contributed by atoms with Crippen LogP contribution in [0.4, 0.5) is 8.78 Å². The minimum absolute atomic E-state index is 0.220. The SMILES string of the molecule is F/C(=C(\F)C(c1ccccc1)(c1ccccc1)c1ccccc1)c1ccccc1. The van der Waals surface area contributed by atoms with Crippen molar-refractivity contribution in [3.63, 3.8) is 0 Å². The number of halogens is 2. The molecule has 142 valence electrons. The maximum atomic E-state index is 16.4. The average molecular weight is 382 g/mol. The fourth-order valence-corrected chi connectivity index (χ4v) is 3.82. The van der Waals surface area contributed by atoms with Crippen LogP contribution in [0.25, 0.3) is 5.83 Å². The van der Waals surface area contributed by atoms with Gasteiger partial charge >= 0.3 is 0 Å². The molecule has 0 spiro atoms. The second-order valence-corrected chi connectivity index (χ2v) is 6.84. The van der Waals surface area contributed by atoms with E-state index in [0.29, 0.717) is 16.7 Å². The molecule has 0 nitrogen and oxygen atoms in total. The molecule has 4 aromatic rings. The summed E-state index contributed by atoms with van der Waals surface area (Å²) in [6.45, 7) is 0. The van der Waals surface area contributed by atoms with Gasteiger partial charge in [0.25, 0.3) is 0 Å². The highest BCUT2D eigenvalue weighted by molar-refractivity contribution is 5.69. The van der Waals surface area contributed by atoms with Crippen molar-refractivity contribution in [2.75, 3.05) is 0 Å². The minimum atomic E-state index is -1.40. The molecule has 0 N–H and O–H groups in total. The van der Waals surface area contributed by atoms with Crippen LogP contribution in [0.3, 0.4) is 0 Å². The first kappa shape index (κ1) is 18.8. The first-order valence-electron chi connectivity index (χ1n) is 9.52. The Labute approximate surface area is 169 Å². The van der Waals surface area contributed by atoms with E-state index in [1.807, 2.05) is 91.0 Å². The maximum absolute atomic E-state index is 16.4. The number of rotatable bonds is 5. The monoisotopic (exact) mass is 382 g/mol. The zero-order chi connectivity index (χ0) is 20.1. The fraction of sp³-hybridized carbons (Fsp3) is 0.0370. The first-order chi connectivity index (χ1) is 14.2. The molecule has 0 saturated heterocycles. The summed E-state index contributed by atoms with van der Waals surface area (Å²) in [4.78, 5) is 0. The van der Waals surface area contributed by atoms with Gasteiger partial charge in [-0.15, -0.1) is 0 Å². The van der Waals surface area contributed by atoms with Gasteiger partial charge in [0.15, 0.2) is 11.7 Å². The predicted molar refractivity (Wildman–Crippen MR) is 115 cm³/mol. The molecule has 0 aromatic heterocycles. The van der Waals surface area contributed by atoms with Crippen molar-refractivity contribution in [3.8, 4) is 0 Å². The lowest BCUT2D eigenvalue weighted by Crippen LogP contribution is -2.31. The van der Waals surface area contributed by atoms with Gasteiger partial charge in [0.2, 0.25) is 0 Å². The molecule has 0 atom stereocenters. The van der Waals surface area contributed by atoms with Crippen LogP contribution in [-0.4, -0.2) is 0 Å². The Morgan fingerprint density at radius 1 is 0.448 bits per heavy atom. The molecule has 0 aliphatic carbocycles. The van der Waals surface area contributed by atoms with Gasteiger partial charge in [-0.25, -0.2) is 8.78 Å². The van der Waals surface area contributed by atoms with E-state index in [4.69, 9.17) is 0 Å². The molecule has 0 unspecified atom stereocenters. The second kappa shape index (κ2) is 8.24. The van der Waals surface area contributed by atoms with Crippen molar-refractivity contribution in [3.05, 3.63) is 149 Å². The smallest absolute Gasteiger partial charge is 0.163 e. The zero-order valence-electron chi connectivity index (χ0n) is 15.8. The average Bonchev–Trinajstić information content (AvgIpc) is 2.82. The number of hydrogen-bond acceptors (Lipinski definition) is 0. The third-order valence-electron chi connectivity index (χ3n) is 5.17. The largest absolute Gasteiger partial charge is 0.207 e. The maximum Gasteiger partial charge on any atom is 0.163 e. The summed E-state index contributed by atoms with van der Waals surface area (Å²) in [5.74, 6) is -1.69. The van der Waals surface area contributed by atoms with Crippen molar-refractivity contribution < 1.29 is 8.78 Å². The van der Waals surface area contributed by atoms with E-state index in [2.05, 4.69) is 0 Å². The van der Waals surface area contributed by atoms with Crippen LogP contribution in [0.5, 0.6) is 0 Å². The summed E-state index contributed by atoms with van der Waals surface area (Å²) in [7, 11) is 0. The first-order valence-corrected chi connectivity index (χ1v) is 9.52. The Hall–Kier alpha value is -3.52. The topological polar surface area (TPSA) is 0 Å². The van der Waals surface area contributed by atoms with Crippen molar-refractivity contribution in [1.82, 2.24) is 0 Å². The second-order valence-electron chi connectivity index (χ2n) is 6.84. The van der Waals surface area contributed by atoms with Crippen molar-refractivity contribution >= 4 is 5.83 Å². The Morgan fingerprint density at radius 2 is 0.759 bits per heavy atom. The van der Waals surface area contributed by atoms with E-state index in [1.165, 1.54) is 0 Å². The summed E-state index contributed by atoms with van der Waals surface area (Å²) >= 11 is 0. The lowest BCUT2D eigenvalue weighted by Gasteiger charge is -2.35. The molecule has 4 rings (SSSR count). The van der Waals surface area contributed by atoms with E-state index in [0.717, 1.165) is 0 Å². The van der Waals surface area contributed by atoms with Crippen molar-refractivity contribution in [1.29, 1.82) is 0 Å². The summed E-state index contributed by atoms with van der Waals surface area (Å²) in [5.41, 5.74) is 0.823. The van der Waals surface area contributed by atoms with E-state index >= 15 is 8.78 Å². The van der Waals surface area contributed by atoms with Gasteiger partial charge in [-0.3, -0.25) is 0 Å². The lowest BCUT2D eigenvalue weighted by atomic mass is 9.68. The predicted octanol–water partition coefficient (Wildman–Crippen LogP) is 7.33. The fourth-order valence-electron chi connectivity index (χ4n) is 3.82. The summed E-state index contributed by atoms with van der Waals surface area (Å²) in [6, 6.07) is 36.2. The van der Waals surface area contributed by atoms with E-state index < -0.39 is 17.1 Å². The van der Waals surface area contributed by atoms with E-state index in [9.17, 15) is 0 Å². The molecule has 4 aromatic carbocycles. The van der Waals surface area contributed by atoms with E-state index in [1.54, 1.807) is 30.3 Å². The molecule has 0 amide bonds. The molecule has 0 bridgehead atoms. The van der Waals surface area contributed by atoms with Crippen molar-refractivity contribution in [2.45, 2.75) is 5.41 Å². The third kappa shape index (κ3) is 3.38. The molecule has 0 aliphatic heterocycles. The van der Waals surface area contributed by atoms with Crippen LogP contribution in [0.1, 0.15) is 22.3 Å². The van der Waals surface area contributed by atoms with E-state index in [-0.39, 0.29) is 5.56 Å². The van der Waals surface area contributed by atoms with Gasteiger partial charge in [0.1, 0.15) is 0 Å². The summed E-state index contributed by atoms with van der Waals surface area (Å²) in [5, 5.41) is 0. The van der Waals surface area contributed by atoms with Crippen LogP contribution in [0.2, 0.25) is 0 Å². The van der Waals surface area contributed by atoms with Crippen molar-refractivity contribution in [2.24, 2.45) is 0 Å². The van der Waals surface area contributed by atoms with Crippen LogP contribution in [0, 0.1) is 0 Å². The van der Waals surface area contributed by atoms with Gasteiger partial charge in [0, 0.05) is 5.56 Å². The molecule has 0 fully saturated rings. The van der Waals surface area contributed by atoms with Gasteiger partial charge in [-0.2, -0.15) is 0 Å². The van der Waals surface area contributed by atoms with Gasteiger partial charge in [-0.1, -0.05) is 121 Å². The molecular formula is C27H20F2. The lowest BCUT2D eigenvalue weighted by molar-refractivity contribution is 0.491. The Morgan fingerprint density at radius 3 is 1.10 bits per heavy atom. The number of allylic oxidation sites excluding steroid dienone is 1.